The molecule has 4 aromatic rings. The highest BCUT2D eigenvalue weighted by atomic mass is 16.7. The Balaban J connectivity index is 1.57. The smallest absolute Gasteiger partial charge is 0.312 e. The maximum absolute atomic E-state index is 14.6. The molecular weight excluding hydrogens is 776 g/mol. The molecule has 4 N–H and O–H groups in total. The number of rotatable bonds is 5. The first-order chi connectivity index (χ1) is 28.4. The zero-order valence-corrected chi connectivity index (χ0v) is 35.1. The fourth-order valence-electron chi connectivity index (χ4n) is 7.98. The number of ketones is 1. The predicted molar refractivity (Wildman–Crippen MR) is 223 cm³/mol. The van der Waals surface area contributed by atoms with Crippen LogP contribution in [0.1, 0.15) is 70.8 Å². The number of hydrogen-bond donors (Lipinski definition) is 4. The van der Waals surface area contributed by atoms with E-state index in [0.717, 1.165) is 6.42 Å². The topological polar surface area (TPSA) is 213 Å². The van der Waals surface area contributed by atoms with Crippen LogP contribution in [0.4, 0.5) is 5.69 Å². The van der Waals surface area contributed by atoms with Gasteiger partial charge in [0, 0.05) is 67.7 Å². The first-order valence-corrected chi connectivity index (χ1v) is 20.0. The highest BCUT2D eigenvalue weighted by Gasteiger charge is 2.49. The van der Waals surface area contributed by atoms with Gasteiger partial charge in [0.05, 0.1) is 42.1 Å². The molecule has 0 unspecified atom stereocenters. The van der Waals surface area contributed by atoms with Crippen LogP contribution in [0.2, 0.25) is 0 Å². The van der Waals surface area contributed by atoms with Gasteiger partial charge in [-0.25, -0.2) is 4.98 Å². The second-order valence-corrected chi connectivity index (χ2v) is 15.8. The van der Waals surface area contributed by atoms with Crippen molar-refractivity contribution in [2.75, 3.05) is 19.0 Å². The van der Waals surface area contributed by atoms with Gasteiger partial charge >= 0.3 is 11.8 Å². The number of amides is 1. The SMILES string of the molecule is CCCOc1ccc2nc3c(oc2c1)c1c(O)c2c(=O)c(C)c4c(c23)C(=O)[C@@](C)(O/C=C/[C@H](OC)[C@@H](C)[C@@H](OC(C)=O)[C@H](C)[C@H](O)[C@H](C)[C@@H](O)[C@@H](C)/C=C/C=C\C(=O)N1)O4. The average Bonchev–Trinajstić information content (AvgIpc) is 3.49. The highest BCUT2D eigenvalue weighted by Crippen LogP contribution is 2.48. The molecule has 9 atom stereocenters. The Hall–Kier alpha value is -5.77. The van der Waals surface area contributed by atoms with Crippen molar-refractivity contribution in [3.05, 3.63) is 76.2 Å². The lowest BCUT2D eigenvalue weighted by Crippen LogP contribution is -2.46. The van der Waals surface area contributed by atoms with Crippen LogP contribution in [0.5, 0.6) is 17.2 Å². The standard InChI is InChI=1S/C45H52N2O13/c1-10-18-56-27-15-16-28-30(20-27)59-43-35(46-28)32-33-39(52)25(6)42-34(32)44(54)45(8,60-42)57-19-17-29(55-9)22(3)41(58-26(7)48)24(5)38(51)23(4)37(50)21(2)13-11-12-14-31(49)47-36(43)40(33)53/h11-17,19-24,29,37-38,41,50-51,53H,10,18H2,1-9H3,(H,47,49)/b13-11+,14-12-,19-17+/t21-,22+,23+,24+,29-,37-,38+,41+,45-/m0/s1. The van der Waals surface area contributed by atoms with E-state index in [2.05, 4.69) is 5.32 Å². The Morgan fingerprint density at radius 1 is 1.00 bits per heavy atom. The van der Waals surface area contributed by atoms with E-state index in [1.54, 1.807) is 58.0 Å². The number of aromatic nitrogens is 1. The summed E-state index contributed by atoms with van der Waals surface area (Å²) in [5.74, 6) is -6.78. The fraction of sp³-hybridized carbons (Fsp3) is 0.444. The number of hydrogen-bond acceptors (Lipinski definition) is 14. The molecule has 2 aliphatic rings. The van der Waals surface area contributed by atoms with Gasteiger partial charge in [0.2, 0.25) is 5.91 Å². The van der Waals surface area contributed by atoms with Crippen LogP contribution in [0.15, 0.2) is 64.1 Å². The van der Waals surface area contributed by atoms with E-state index in [-0.39, 0.29) is 50.0 Å². The Bertz CT molecular complexity index is 2490. The molecule has 6 rings (SSSR count). The van der Waals surface area contributed by atoms with Crippen molar-refractivity contribution in [1.82, 2.24) is 4.98 Å². The lowest BCUT2D eigenvalue weighted by Gasteiger charge is -2.38. The maximum Gasteiger partial charge on any atom is 0.312 e. The Morgan fingerprint density at radius 2 is 1.73 bits per heavy atom. The Morgan fingerprint density at radius 3 is 2.42 bits per heavy atom. The minimum atomic E-state index is -2.03. The molecule has 0 saturated carbocycles. The van der Waals surface area contributed by atoms with Crippen LogP contribution in [0.25, 0.3) is 33.0 Å². The summed E-state index contributed by atoms with van der Waals surface area (Å²) in [5.41, 5.74) is -0.676. The first kappa shape index (κ1) is 43.8. The molecule has 1 aromatic heterocycles. The molecule has 5 bridgehead atoms. The number of fused-ring (bicyclic) bond motifs is 5. The number of Topliss-reactive ketones (excluding diaryl/α,β-unsaturated/α-hetero) is 1. The second kappa shape index (κ2) is 17.4. The molecule has 0 fully saturated rings. The van der Waals surface area contributed by atoms with Gasteiger partial charge in [-0.1, -0.05) is 52.8 Å². The van der Waals surface area contributed by atoms with Crippen LogP contribution in [-0.2, 0) is 23.8 Å². The van der Waals surface area contributed by atoms with Gasteiger partial charge in [0.25, 0.3) is 5.78 Å². The molecule has 0 radical (unpaired) electrons. The molecule has 1 amide bonds. The molecule has 0 saturated heterocycles. The Kier molecular flexibility index (Phi) is 12.7. The summed E-state index contributed by atoms with van der Waals surface area (Å²) in [6, 6.07) is 4.96. The lowest BCUT2D eigenvalue weighted by molar-refractivity contribution is -0.160. The number of aromatic hydroxyl groups is 1. The van der Waals surface area contributed by atoms with E-state index in [4.69, 9.17) is 33.1 Å². The number of ether oxygens (including phenoxy) is 5. The molecule has 3 aromatic carbocycles. The van der Waals surface area contributed by atoms with Gasteiger partial charge in [-0.2, -0.15) is 0 Å². The van der Waals surface area contributed by atoms with Crippen LogP contribution in [0.3, 0.4) is 0 Å². The van der Waals surface area contributed by atoms with Gasteiger partial charge in [-0.3, -0.25) is 19.2 Å². The molecular formula is C45H52N2O13. The van der Waals surface area contributed by atoms with Crippen molar-refractivity contribution in [2.24, 2.45) is 23.7 Å². The van der Waals surface area contributed by atoms with E-state index in [1.165, 1.54) is 52.4 Å². The summed E-state index contributed by atoms with van der Waals surface area (Å²) >= 11 is 0. The summed E-state index contributed by atoms with van der Waals surface area (Å²) in [6.45, 7) is 13.4. The number of esters is 1. The number of carbonyl (C=O) groups excluding carboxylic acids is 3. The van der Waals surface area contributed by atoms with Gasteiger partial charge < -0.3 is 48.7 Å². The van der Waals surface area contributed by atoms with Crippen LogP contribution in [0, 0.1) is 30.6 Å². The number of aliphatic hydroxyl groups is 2. The number of nitrogens with one attached hydrogen (secondary N) is 1. The summed E-state index contributed by atoms with van der Waals surface area (Å²) in [4.78, 5) is 59.5. The molecule has 0 aliphatic carbocycles. The van der Waals surface area contributed by atoms with E-state index >= 15 is 0 Å². The van der Waals surface area contributed by atoms with Crippen molar-refractivity contribution in [3.8, 4) is 17.2 Å². The quantitative estimate of drug-likeness (QED) is 0.0743. The summed E-state index contributed by atoms with van der Waals surface area (Å²) in [5, 5.41) is 37.0. The van der Waals surface area contributed by atoms with Gasteiger partial charge in [0.15, 0.2) is 22.3 Å². The number of carbonyl (C=O) groups is 3. The lowest BCUT2D eigenvalue weighted by atomic mass is 9.78. The van der Waals surface area contributed by atoms with Crippen molar-refractivity contribution in [2.45, 2.75) is 92.0 Å². The fourth-order valence-corrected chi connectivity index (χ4v) is 7.98. The van der Waals surface area contributed by atoms with Crippen LogP contribution in [-0.4, -0.2) is 81.9 Å². The van der Waals surface area contributed by atoms with Crippen LogP contribution >= 0.6 is 0 Å². The Labute approximate surface area is 346 Å². The van der Waals surface area contributed by atoms with Gasteiger partial charge in [-0.05, 0) is 31.6 Å². The monoisotopic (exact) mass is 828 g/mol. The van der Waals surface area contributed by atoms with Crippen molar-refractivity contribution in [3.63, 3.8) is 0 Å². The van der Waals surface area contributed by atoms with E-state index < -0.39 is 82.7 Å². The molecule has 15 nitrogen and oxygen atoms in total. The summed E-state index contributed by atoms with van der Waals surface area (Å²) < 4.78 is 35.9. The molecule has 3 heterocycles. The summed E-state index contributed by atoms with van der Waals surface area (Å²) in [7, 11) is 1.44. The minimum Gasteiger partial charge on any atom is -0.505 e. The molecule has 60 heavy (non-hydrogen) atoms. The third-order valence-electron chi connectivity index (χ3n) is 11.4. The van der Waals surface area contributed by atoms with Crippen molar-refractivity contribution >= 4 is 56.3 Å². The average molecular weight is 829 g/mol. The molecule has 0 spiro atoms. The maximum atomic E-state index is 14.6. The number of allylic oxidation sites excluding steroid dienone is 2. The van der Waals surface area contributed by atoms with Crippen LogP contribution < -0.4 is 20.2 Å². The van der Waals surface area contributed by atoms with E-state index in [1.807, 2.05) is 6.92 Å². The third-order valence-corrected chi connectivity index (χ3v) is 11.4. The summed E-state index contributed by atoms with van der Waals surface area (Å²) in [6.07, 6.45) is 5.40. The number of nitrogens with zero attached hydrogens (tertiary/aromatic N) is 1. The number of methoxy groups -OCH3 is 1. The zero-order valence-electron chi connectivity index (χ0n) is 35.1. The van der Waals surface area contributed by atoms with E-state index in [9.17, 15) is 34.5 Å². The number of anilines is 1. The van der Waals surface area contributed by atoms with Gasteiger partial charge in [0.1, 0.15) is 34.3 Å². The molecule has 2 aliphatic heterocycles. The molecule has 15 heteroatoms. The van der Waals surface area contributed by atoms with E-state index in [0.29, 0.717) is 17.9 Å². The normalized spacial score (nSPS) is 29.2. The number of phenols is 1. The highest BCUT2D eigenvalue weighted by molar-refractivity contribution is 6.26. The van der Waals surface area contributed by atoms with Gasteiger partial charge in [-0.15, -0.1) is 0 Å². The molecule has 320 valence electrons. The number of benzene rings is 3. The number of phenolic OH excluding ortho intramolecular Hbond substituents is 1. The van der Waals surface area contributed by atoms with Crippen molar-refractivity contribution in [1.29, 1.82) is 0 Å². The predicted octanol–water partition coefficient (Wildman–Crippen LogP) is 6.40. The third kappa shape index (κ3) is 8.08. The minimum absolute atomic E-state index is 0.00854. The number of aliphatic hydroxyl groups excluding tert-OH is 2. The zero-order chi connectivity index (χ0) is 43.8. The first-order valence-electron chi connectivity index (χ1n) is 20.0. The largest absolute Gasteiger partial charge is 0.505 e. The second-order valence-electron chi connectivity index (χ2n) is 15.8. The van der Waals surface area contributed by atoms with Crippen molar-refractivity contribution < 1.29 is 57.8 Å².